The molecule has 5 heteroatoms. The highest BCUT2D eigenvalue weighted by Gasteiger charge is 2.28. The van der Waals surface area contributed by atoms with Gasteiger partial charge < -0.3 is 9.52 Å². The molecule has 96 valence electrons. The predicted octanol–water partition coefficient (Wildman–Crippen LogP) is 4.18. The Balaban J connectivity index is 2.37. The summed E-state index contributed by atoms with van der Waals surface area (Å²) in [7, 11) is 0. The third kappa shape index (κ3) is 2.69. The van der Waals surface area contributed by atoms with E-state index in [1.165, 1.54) is 12.3 Å². The van der Waals surface area contributed by atoms with E-state index < -0.39 is 11.4 Å². The molecule has 2 aromatic rings. The van der Waals surface area contributed by atoms with E-state index in [4.69, 9.17) is 27.6 Å². The largest absolute Gasteiger partial charge is 0.469 e. The second kappa shape index (κ2) is 4.92. The highest BCUT2D eigenvalue weighted by atomic mass is 35.5. The zero-order chi connectivity index (χ0) is 13.3. The third-order valence-corrected chi connectivity index (χ3v) is 3.29. The molecule has 1 aromatic heterocycles. The zero-order valence-corrected chi connectivity index (χ0v) is 11.1. The highest BCUT2D eigenvalue weighted by molar-refractivity contribution is 6.35. The number of benzene rings is 1. The fourth-order valence-corrected chi connectivity index (χ4v) is 2.37. The molecule has 0 aliphatic rings. The average Bonchev–Trinajstić information content (AvgIpc) is 2.75. The van der Waals surface area contributed by atoms with Crippen LogP contribution in [-0.4, -0.2) is 5.11 Å². The van der Waals surface area contributed by atoms with Crippen LogP contribution in [0.15, 0.2) is 34.9 Å². The van der Waals surface area contributed by atoms with Gasteiger partial charge in [-0.2, -0.15) is 0 Å². The van der Waals surface area contributed by atoms with Gasteiger partial charge in [0.05, 0.1) is 16.9 Å². The minimum atomic E-state index is -1.33. The second-order valence-electron chi connectivity index (χ2n) is 4.28. The molecule has 2 rings (SSSR count). The quantitative estimate of drug-likeness (QED) is 0.860. The van der Waals surface area contributed by atoms with Gasteiger partial charge >= 0.3 is 0 Å². The molecule has 1 heterocycles. The van der Waals surface area contributed by atoms with Gasteiger partial charge in [0.15, 0.2) is 0 Å². The van der Waals surface area contributed by atoms with E-state index in [0.29, 0.717) is 5.76 Å². The summed E-state index contributed by atoms with van der Waals surface area (Å²) in [5.41, 5.74) is -1.05. The second-order valence-corrected chi connectivity index (χ2v) is 5.09. The van der Waals surface area contributed by atoms with E-state index in [1.54, 1.807) is 19.1 Å². The van der Waals surface area contributed by atoms with Gasteiger partial charge in [-0.3, -0.25) is 0 Å². The molecule has 0 amide bonds. The van der Waals surface area contributed by atoms with Crippen molar-refractivity contribution in [1.29, 1.82) is 0 Å². The van der Waals surface area contributed by atoms with Crippen molar-refractivity contribution < 1.29 is 13.9 Å². The summed E-state index contributed by atoms with van der Waals surface area (Å²) in [5, 5.41) is 10.5. The molecular formula is C13H11Cl2FO2. The molecule has 1 atom stereocenters. The Hall–Kier alpha value is -1.03. The van der Waals surface area contributed by atoms with Gasteiger partial charge in [-0.05, 0) is 31.2 Å². The van der Waals surface area contributed by atoms with Crippen LogP contribution in [-0.2, 0) is 12.0 Å². The van der Waals surface area contributed by atoms with E-state index in [0.717, 1.165) is 6.07 Å². The fourth-order valence-electron chi connectivity index (χ4n) is 1.78. The Kier molecular flexibility index (Phi) is 3.66. The molecule has 0 radical (unpaired) electrons. The first kappa shape index (κ1) is 13.4. The molecule has 1 aromatic carbocycles. The zero-order valence-electron chi connectivity index (χ0n) is 9.58. The lowest BCUT2D eigenvalue weighted by atomic mass is 9.91. The maximum Gasteiger partial charge on any atom is 0.142 e. The van der Waals surface area contributed by atoms with Crippen LogP contribution in [0.25, 0.3) is 0 Å². The summed E-state index contributed by atoms with van der Waals surface area (Å²) in [5.74, 6) is -0.0257. The van der Waals surface area contributed by atoms with Crippen molar-refractivity contribution in [1.82, 2.24) is 0 Å². The molecule has 2 nitrogen and oxygen atoms in total. The van der Waals surface area contributed by atoms with Crippen molar-refractivity contribution in [3.63, 3.8) is 0 Å². The number of furan rings is 1. The van der Waals surface area contributed by atoms with Gasteiger partial charge in [0.1, 0.15) is 11.6 Å². The standard InChI is InChI=1S/C13H11Cl2FO2/c1-13(17,7-8-3-2-4-18-8)9-5-12(16)11(15)6-10(9)14/h2-6,17H,7H2,1H3. The molecule has 0 saturated carbocycles. The number of hydrogen-bond donors (Lipinski definition) is 1. The van der Waals surface area contributed by atoms with E-state index in [1.807, 2.05) is 0 Å². The maximum absolute atomic E-state index is 13.4. The Morgan fingerprint density at radius 3 is 2.67 bits per heavy atom. The first-order valence-corrected chi connectivity index (χ1v) is 6.05. The van der Waals surface area contributed by atoms with E-state index in [-0.39, 0.29) is 22.0 Å². The number of halogens is 3. The first-order chi connectivity index (χ1) is 8.40. The normalized spacial score (nSPS) is 14.5. The Labute approximate surface area is 114 Å². The Morgan fingerprint density at radius 1 is 1.33 bits per heavy atom. The molecule has 0 aliphatic heterocycles. The lowest BCUT2D eigenvalue weighted by Crippen LogP contribution is -2.24. The minimum Gasteiger partial charge on any atom is -0.469 e. The van der Waals surface area contributed by atoms with Gasteiger partial charge in [0, 0.05) is 17.0 Å². The summed E-state index contributed by atoms with van der Waals surface area (Å²) in [6.45, 7) is 1.55. The SMILES string of the molecule is CC(O)(Cc1ccco1)c1cc(F)c(Cl)cc1Cl. The number of hydrogen-bond acceptors (Lipinski definition) is 2. The Morgan fingerprint density at radius 2 is 2.06 bits per heavy atom. The molecule has 1 N–H and O–H groups in total. The van der Waals surface area contributed by atoms with Crippen LogP contribution in [0.5, 0.6) is 0 Å². The molecule has 0 fully saturated rings. The van der Waals surface area contributed by atoms with Gasteiger partial charge in [-0.25, -0.2) is 4.39 Å². The lowest BCUT2D eigenvalue weighted by molar-refractivity contribution is 0.0519. The monoisotopic (exact) mass is 288 g/mol. The highest BCUT2D eigenvalue weighted by Crippen LogP contribution is 2.34. The summed E-state index contributed by atoms with van der Waals surface area (Å²) in [6, 6.07) is 5.88. The summed E-state index contributed by atoms with van der Waals surface area (Å²) >= 11 is 11.6. The van der Waals surface area contributed by atoms with Gasteiger partial charge in [-0.1, -0.05) is 23.2 Å². The van der Waals surface area contributed by atoms with Gasteiger partial charge in [-0.15, -0.1) is 0 Å². The Bertz CT molecular complexity index is 550. The summed E-state index contributed by atoms with van der Waals surface area (Å²) < 4.78 is 18.6. The van der Waals surface area contributed by atoms with Crippen LogP contribution in [0.4, 0.5) is 4.39 Å². The van der Waals surface area contributed by atoms with E-state index >= 15 is 0 Å². The topological polar surface area (TPSA) is 33.4 Å². The van der Waals surface area contributed by atoms with Crippen LogP contribution < -0.4 is 0 Å². The molecular weight excluding hydrogens is 278 g/mol. The molecule has 0 saturated heterocycles. The maximum atomic E-state index is 13.4. The summed E-state index contributed by atoms with van der Waals surface area (Å²) in [6.07, 6.45) is 1.70. The van der Waals surface area contributed by atoms with Crippen LogP contribution >= 0.6 is 23.2 Å². The van der Waals surface area contributed by atoms with Crippen molar-refractivity contribution in [2.75, 3.05) is 0 Å². The number of aliphatic hydroxyl groups is 1. The molecule has 0 aliphatic carbocycles. The van der Waals surface area contributed by atoms with Crippen LogP contribution in [0.2, 0.25) is 10.0 Å². The van der Waals surface area contributed by atoms with Gasteiger partial charge in [0.2, 0.25) is 0 Å². The van der Waals surface area contributed by atoms with Crippen molar-refractivity contribution in [3.8, 4) is 0 Å². The number of rotatable bonds is 3. The van der Waals surface area contributed by atoms with Crippen molar-refractivity contribution >= 4 is 23.2 Å². The average molecular weight is 289 g/mol. The molecule has 0 bridgehead atoms. The summed E-state index contributed by atoms with van der Waals surface area (Å²) in [4.78, 5) is 0. The smallest absolute Gasteiger partial charge is 0.142 e. The van der Waals surface area contributed by atoms with Crippen molar-refractivity contribution in [3.05, 3.63) is 57.7 Å². The van der Waals surface area contributed by atoms with Crippen LogP contribution in [0.1, 0.15) is 18.2 Å². The van der Waals surface area contributed by atoms with E-state index in [9.17, 15) is 9.50 Å². The van der Waals surface area contributed by atoms with Crippen molar-refractivity contribution in [2.45, 2.75) is 18.9 Å². The molecule has 0 spiro atoms. The predicted molar refractivity (Wildman–Crippen MR) is 68.4 cm³/mol. The van der Waals surface area contributed by atoms with Crippen molar-refractivity contribution in [2.24, 2.45) is 0 Å². The van der Waals surface area contributed by atoms with E-state index in [2.05, 4.69) is 0 Å². The minimum absolute atomic E-state index is 0.0717. The third-order valence-electron chi connectivity index (χ3n) is 2.69. The lowest BCUT2D eigenvalue weighted by Gasteiger charge is -2.24. The fraction of sp³-hybridized carbons (Fsp3) is 0.231. The molecule has 1 unspecified atom stereocenters. The van der Waals surface area contributed by atoms with Gasteiger partial charge in [0.25, 0.3) is 0 Å². The van der Waals surface area contributed by atoms with Crippen LogP contribution in [0, 0.1) is 5.82 Å². The molecule has 18 heavy (non-hydrogen) atoms. The van der Waals surface area contributed by atoms with Crippen LogP contribution in [0.3, 0.4) is 0 Å². The first-order valence-electron chi connectivity index (χ1n) is 5.30.